The lowest BCUT2D eigenvalue weighted by atomic mass is 10.4. The van der Waals surface area contributed by atoms with Crippen LogP contribution >= 0.6 is 0 Å². The van der Waals surface area contributed by atoms with Crippen LogP contribution in [0, 0.1) is 0 Å². The molecule has 0 spiro atoms. The SMILES string of the molecule is COc1nc(N2CCOCC2)nc([N+](C)(C)C)n1. The Morgan fingerprint density at radius 2 is 1.78 bits per heavy atom. The summed E-state index contributed by atoms with van der Waals surface area (Å²) in [6.07, 6.45) is 0. The number of quaternary nitrogens is 1. The Hall–Kier alpha value is -1.47. The Morgan fingerprint density at radius 3 is 2.33 bits per heavy atom. The van der Waals surface area contributed by atoms with Gasteiger partial charge in [-0.15, -0.1) is 9.97 Å². The molecule has 0 N–H and O–H groups in total. The molecule has 1 fully saturated rings. The maximum Gasteiger partial charge on any atom is 0.336 e. The highest BCUT2D eigenvalue weighted by Gasteiger charge is 2.23. The van der Waals surface area contributed by atoms with E-state index >= 15 is 0 Å². The Bertz CT molecular complexity index is 412. The molecule has 0 unspecified atom stereocenters. The summed E-state index contributed by atoms with van der Waals surface area (Å²) in [5, 5.41) is 0. The van der Waals surface area contributed by atoms with Crippen molar-refractivity contribution in [1.82, 2.24) is 19.4 Å². The number of anilines is 1. The van der Waals surface area contributed by atoms with Gasteiger partial charge in [-0.2, -0.15) is 4.98 Å². The van der Waals surface area contributed by atoms with Crippen molar-refractivity contribution >= 4 is 11.9 Å². The summed E-state index contributed by atoms with van der Waals surface area (Å²) in [5.74, 6) is 1.34. The van der Waals surface area contributed by atoms with Gasteiger partial charge in [-0.3, -0.25) is 4.48 Å². The highest BCUT2D eigenvalue weighted by Crippen LogP contribution is 2.19. The first kappa shape index (κ1) is 13.0. The number of aromatic nitrogens is 3. The van der Waals surface area contributed by atoms with Gasteiger partial charge >= 0.3 is 12.0 Å². The van der Waals surface area contributed by atoms with Crippen molar-refractivity contribution in [1.29, 1.82) is 0 Å². The van der Waals surface area contributed by atoms with Gasteiger partial charge in [0.15, 0.2) is 0 Å². The van der Waals surface area contributed by atoms with Crippen molar-refractivity contribution in [2.45, 2.75) is 0 Å². The Labute approximate surface area is 107 Å². The smallest absolute Gasteiger partial charge is 0.336 e. The highest BCUT2D eigenvalue weighted by atomic mass is 16.5. The molecule has 0 aromatic carbocycles. The maximum atomic E-state index is 5.33. The molecular formula is C11H20N5O2+. The summed E-state index contributed by atoms with van der Waals surface area (Å²) in [5.41, 5.74) is 0. The number of morpholine rings is 1. The van der Waals surface area contributed by atoms with Crippen molar-refractivity contribution in [3.63, 3.8) is 0 Å². The molecule has 1 saturated heterocycles. The van der Waals surface area contributed by atoms with Gasteiger partial charge in [0.1, 0.15) is 0 Å². The average Bonchev–Trinajstić information content (AvgIpc) is 2.38. The molecule has 2 heterocycles. The Balaban J connectivity index is 2.34. The minimum atomic E-state index is 0.356. The monoisotopic (exact) mass is 254 g/mol. The van der Waals surface area contributed by atoms with Gasteiger partial charge in [-0.25, -0.2) is 0 Å². The van der Waals surface area contributed by atoms with Crippen LogP contribution < -0.4 is 14.1 Å². The van der Waals surface area contributed by atoms with E-state index in [0.717, 1.165) is 13.1 Å². The van der Waals surface area contributed by atoms with E-state index in [1.165, 1.54) is 0 Å². The minimum absolute atomic E-state index is 0.356. The fraction of sp³-hybridized carbons (Fsp3) is 0.727. The average molecular weight is 254 g/mol. The van der Waals surface area contributed by atoms with E-state index in [1.54, 1.807) is 7.11 Å². The topological polar surface area (TPSA) is 60.4 Å². The van der Waals surface area contributed by atoms with E-state index in [2.05, 4.69) is 19.9 Å². The van der Waals surface area contributed by atoms with Gasteiger partial charge in [0.25, 0.3) is 0 Å². The summed E-state index contributed by atoms with van der Waals surface area (Å²) in [7, 11) is 7.60. The molecule has 100 valence electrons. The summed E-state index contributed by atoms with van der Waals surface area (Å²) in [6, 6.07) is 0.356. The van der Waals surface area contributed by atoms with E-state index < -0.39 is 0 Å². The van der Waals surface area contributed by atoms with Crippen molar-refractivity contribution in [2.24, 2.45) is 0 Å². The molecule has 7 heteroatoms. The summed E-state index contributed by atoms with van der Waals surface area (Å²) in [6.45, 7) is 2.99. The summed E-state index contributed by atoms with van der Waals surface area (Å²) < 4.78 is 11.0. The van der Waals surface area contributed by atoms with Gasteiger partial charge in [0, 0.05) is 13.1 Å². The van der Waals surface area contributed by atoms with Crippen LogP contribution in [-0.4, -0.2) is 69.5 Å². The zero-order valence-electron chi connectivity index (χ0n) is 11.4. The van der Waals surface area contributed by atoms with E-state index in [-0.39, 0.29) is 0 Å². The number of hydrogen-bond donors (Lipinski definition) is 0. The number of methoxy groups -OCH3 is 1. The van der Waals surface area contributed by atoms with Crippen LogP contribution in [0.1, 0.15) is 0 Å². The third-order valence-corrected chi connectivity index (χ3v) is 2.67. The third-order valence-electron chi connectivity index (χ3n) is 2.67. The molecule has 1 aliphatic heterocycles. The van der Waals surface area contributed by atoms with E-state index in [4.69, 9.17) is 9.47 Å². The van der Waals surface area contributed by atoms with Crippen LogP contribution in [0.2, 0.25) is 0 Å². The minimum Gasteiger partial charge on any atom is -0.467 e. The van der Waals surface area contributed by atoms with Crippen LogP contribution in [0.25, 0.3) is 0 Å². The lowest BCUT2D eigenvalue weighted by Gasteiger charge is -2.28. The molecule has 0 radical (unpaired) electrons. The first-order valence-corrected chi connectivity index (χ1v) is 5.95. The Kier molecular flexibility index (Phi) is 3.63. The van der Waals surface area contributed by atoms with Gasteiger partial charge in [-0.1, -0.05) is 0 Å². The molecule has 18 heavy (non-hydrogen) atoms. The number of hydrogen-bond acceptors (Lipinski definition) is 6. The van der Waals surface area contributed by atoms with Crippen molar-refractivity contribution < 1.29 is 9.47 Å². The van der Waals surface area contributed by atoms with Crippen LogP contribution in [-0.2, 0) is 4.74 Å². The van der Waals surface area contributed by atoms with Gasteiger partial charge < -0.3 is 14.4 Å². The molecule has 0 atom stereocenters. The second-order valence-corrected chi connectivity index (χ2v) is 5.03. The highest BCUT2D eigenvalue weighted by molar-refractivity contribution is 5.37. The predicted octanol–water partition coefficient (Wildman–Crippen LogP) is -0.0865. The fourth-order valence-corrected chi connectivity index (χ4v) is 1.63. The number of ether oxygens (including phenoxy) is 2. The lowest BCUT2D eigenvalue weighted by Crippen LogP contribution is -2.40. The molecule has 7 nitrogen and oxygen atoms in total. The number of nitrogens with zero attached hydrogens (tertiary/aromatic N) is 5. The van der Waals surface area contributed by atoms with Gasteiger partial charge in [0.2, 0.25) is 5.95 Å². The first-order valence-electron chi connectivity index (χ1n) is 5.95. The zero-order valence-corrected chi connectivity index (χ0v) is 11.4. The van der Waals surface area contributed by atoms with Gasteiger partial charge in [0.05, 0.1) is 41.5 Å². The molecule has 1 aliphatic rings. The molecule has 2 rings (SSSR count). The third kappa shape index (κ3) is 2.85. The molecule has 0 bridgehead atoms. The van der Waals surface area contributed by atoms with E-state index in [0.29, 0.717) is 35.6 Å². The normalized spacial score (nSPS) is 16.8. The number of rotatable bonds is 3. The lowest BCUT2D eigenvalue weighted by molar-refractivity contribution is 0.122. The molecule has 0 amide bonds. The first-order chi connectivity index (χ1) is 8.50. The van der Waals surface area contributed by atoms with E-state index in [1.807, 2.05) is 21.1 Å². The molecule has 1 aromatic heterocycles. The summed E-state index contributed by atoms with van der Waals surface area (Å²) >= 11 is 0. The molecule has 1 aromatic rings. The maximum absolute atomic E-state index is 5.33. The quantitative estimate of drug-likeness (QED) is 0.703. The molecule has 0 saturated carbocycles. The standard InChI is InChI=1S/C11H20N5O2/c1-16(2,3)10-12-9(13-11(14-10)17-4)15-5-7-18-8-6-15/h5-8H2,1-4H3/q+1. The second kappa shape index (κ2) is 5.03. The molecule has 0 aliphatic carbocycles. The van der Waals surface area contributed by atoms with Gasteiger partial charge in [-0.05, 0) is 0 Å². The summed E-state index contributed by atoms with van der Waals surface area (Å²) in [4.78, 5) is 15.2. The van der Waals surface area contributed by atoms with Crippen molar-refractivity contribution in [3.05, 3.63) is 0 Å². The van der Waals surface area contributed by atoms with Crippen molar-refractivity contribution in [2.75, 3.05) is 59.5 Å². The largest absolute Gasteiger partial charge is 0.467 e. The molecular weight excluding hydrogens is 234 g/mol. The Morgan fingerprint density at radius 1 is 1.11 bits per heavy atom. The fourth-order valence-electron chi connectivity index (χ4n) is 1.63. The predicted molar refractivity (Wildman–Crippen MR) is 69.0 cm³/mol. The van der Waals surface area contributed by atoms with Crippen LogP contribution in [0.5, 0.6) is 6.01 Å². The van der Waals surface area contributed by atoms with Crippen LogP contribution in [0.4, 0.5) is 11.9 Å². The van der Waals surface area contributed by atoms with Crippen LogP contribution in [0.3, 0.4) is 0 Å². The second-order valence-electron chi connectivity index (χ2n) is 5.03. The van der Waals surface area contributed by atoms with Crippen molar-refractivity contribution in [3.8, 4) is 6.01 Å². The zero-order chi connectivity index (χ0) is 13.2. The van der Waals surface area contributed by atoms with E-state index in [9.17, 15) is 0 Å². The van der Waals surface area contributed by atoms with Crippen LogP contribution in [0.15, 0.2) is 0 Å².